The zero-order chi connectivity index (χ0) is 20.4. The first kappa shape index (κ1) is 17.6. The van der Waals surface area contributed by atoms with Crippen LogP contribution in [0.15, 0.2) is 66.7 Å². The molecule has 5 aliphatic rings. The topological polar surface area (TPSA) is 63.7 Å². The molecule has 0 N–H and O–H groups in total. The molecule has 5 nitrogen and oxygen atoms in total. The van der Waals surface area contributed by atoms with E-state index < -0.39 is 0 Å². The number of para-hydroxylation sites is 2. The van der Waals surface area contributed by atoms with Crippen molar-refractivity contribution >= 4 is 23.3 Å². The van der Waals surface area contributed by atoms with E-state index in [1.807, 2.05) is 6.07 Å². The average Bonchev–Trinajstić information content (AvgIpc) is 3.56. The molecule has 0 spiro atoms. The van der Waals surface area contributed by atoms with Crippen molar-refractivity contribution < 1.29 is 19.1 Å². The molecule has 150 valence electrons. The molecule has 1 aliphatic heterocycles. The van der Waals surface area contributed by atoms with Crippen LogP contribution in [0.4, 0.5) is 5.69 Å². The molecule has 7 rings (SSSR count). The lowest BCUT2D eigenvalue weighted by atomic mass is 9.63. The van der Waals surface area contributed by atoms with E-state index in [2.05, 4.69) is 12.2 Å². The fraction of sp³-hybridized carbons (Fsp3) is 0.320. The SMILES string of the molecule is O=C(COc1ccccc1N1C(=O)[C@H]2[C@@H]3C=C[C@H]([C@H]4C[C@H]34)[C@@H]2C1=O)c1ccccc1. The Hall–Kier alpha value is -3.21. The van der Waals surface area contributed by atoms with Gasteiger partial charge in [-0.25, -0.2) is 4.90 Å². The predicted molar refractivity (Wildman–Crippen MR) is 110 cm³/mol. The van der Waals surface area contributed by atoms with Gasteiger partial charge < -0.3 is 4.74 Å². The molecule has 2 aromatic rings. The number of ether oxygens (including phenoxy) is 1. The Morgan fingerprint density at radius 2 is 1.47 bits per heavy atom. The first-order chi connectivity index (χ1) is 14.6. The van der Waals surface area contributed by atoms with E-state index in [0.29, 0.717) is 28.8 Å². The van der Waals surface area contributed by atoms with Crippen LogP contribution in [0.25, 0.3) is 0 Å². The Kier molecular flexibility index (Phi) is 3.76. The standard InChI is InChI=1S/C25H21NO4/c27-20(14-6-2-1-3-7-14)13-30-21-9-5-4-8-19(21)26-24(28)22-15-10-11-16(18-12-17(15)18)23(22)25(26)29/h1-11,15-18,22-23H,12-13H2/t15-,16-,17-,18-,22+,23+/m1/s1. The summed E-state index contributed by atoms with van der Waals surface area (Å²) in [5.41, 5.74) is 1.01. The smallest absolute Gasteiger partial charge is 0.238 e. The van der Waals surface area contributed by atoms with E-state index in [1.165, 1.54) is 4.90 Å². The fourth-order valence-electron chi connectivity index (χ4n) is 5.81. The van der Waals surface area contributed by atoms with Gasteiger partial charge in [0, 0.05) is 5.56 Å². The fourth-order valence-corrected chi connectivity index (χ4v) is 5.81. The molecule has 30 heavy (non-hydrogen) atoms. The van der Waals surface area contributed by atoms with Crippen molar-refractivity contribution in [1.82, 2.24) is 0 Å². The van der Waals surface area contributed by atoms with Crippen LogP contribution in [0, 0.1) is 35.5 Å². The second kappa shape index (κ2) is 6.39. The highest BCUT2D eigenvalue weighted by Gasteiger charge is 2.67. The lowest BCUT2D eigenvalue weighted by molar-refractivity contribution is -0.124. The van der Waals surface area contributed by atoms with Gasteiger partial charge in [0.2, 0.25) is 11.8 Å². The van der Waals surface area contributed by atoms with Gasteiger partial charge in [-0.3, -0.25) is 14.4 Å². The summed E-state index contributed by atoms with van der Waals surface area (Å²) in [5.74, 6) is 0.957. The van der Waals surface area contributed by atoms with Crippen molar-refractivity contribution in [3.63, 3.8) is 0 Å². The molecule has 4 aliphatic carbocycles. The summed E-state index contributed by atoms with van der Waals surface area (Å²) in [6.45, 7) is -0.152. The van der Waals surface area contributed by atoms with Gasteiger partial charge in [0.25, 0.3) is 0 Å². The molecule has 2 aromatic carbocycles. The average molecular weight is 399 g/mol. The number of imide groups is 1. The van der Waals surface area contributed by atoms with E-state index >= 15 is 0 Å². The van der Waals surface area contributed by atoms with E-state index in [4.69, 9.17) is 4.74 Å². The number of anilines is 1. The number of Topliss-reactive ketones (excluding diaryl/α,β-unsaturated/α-hetero) is 1. The van der Waals surface area contributed by atoms with Gasteiger partial charge in [-0.15, -0.1) is 0 Å². The van der Waals surface area contributed by atoms with E-state index in [9.17, 15) is 14.4 Å². The number of hydrogen-bond acceptors (Lipinski definition) is 4. The molecule has 2 amide bonds. The number of carbonyl (C=O) groups is 3. The first-order valence-corrected chi connectivity index (χ1v) is 10.5. The Bertz CT molecular complexity index is 1060. The monoisotopic (exact) mass is 399 g/mol. The summed E-state index contributed by atoms with van der Waals surface area (Å²) >= 11 is 0. The van der Waals surface area contributed by atoms with Crippen LogP contribution < -0.4 is 9.64 Å². The number of carbonyl (C=O) groups excluding carboxylic acids is 3. The molecule has 3 fully saturated rings. The maximum Gasteiger partial charge on any atom is 0.238 e. The molecule has 0 unspecified atom stereocenters. The lowest BCUT2D eigenvalue weighted by Gasteiger charge is -2.37. The largest absolute Gasteiger partial charge is 0.483 e. The Balaban J connectivity index is 1.28. The van der Waals surface area contributed by atoms with Crippen LogP contribution in [0.5, 0.6) is 5.75 Å². The van der Waals surface area contributed by atoms with Crippen molar-refractivity contribution in [2.45, 2.75) is 6.42 Å². The number of ketones is 1. The van der Waals surface area contributed by atoms with Gasteiger partial charge in [-0.2, -0.15) is 0 Å². The number of amides is 2. The minimum atomic E-state index is -0.254. The van der Waals surface area contributed by atoms with Crippen LogP contribution in [-0.2, 0) is 9.59 Å². The molecule has 2 bridgehead atoms. The molecule has 1 saturated heterocycles. The first-order valence-electron chi connectivity index (χ1n) is 10.5. The maximum absolute atomic E-state index is 13.4. The van der Waals surface area contributed by atoms with Gasteiger partial charge in [0.1, 0.15) is 5.75 Å². The molecule has 5 heteroatoms. The zero-order valence-electron chi connectivity index (χ0n) is 16.3. The molecular formula is C25H21NO4. The predicted octanol–water partition coefficient (Wildman–Crippen LogP) is 3.51. The van der Waals surface area contributed by atoms with Crippen molar-refractivity contribution in [2.24, 2.45) is 35.5 Å². The minimum absolute atomic E-state index is 0.125. The third-order valence-electron chi connectivity index (χ3n) is 7.22. The number of benzene rings is 2. The van der Waals surface area contributed by atoms with Gasteiger partial charge in [0.05, 0.1) is 17.5 Å². The third kappa shape index (κ3) is 2.44. The molecule has 6 atom stereocenters. The van der Waals surface area contributed by atoms with Crippen LogP contribution in [0.1, 0.15) is 16.8 Å². The van der Waals surface area contributed by atoms with Gasteiger partial charge in [-0.1, -0.05) is 54.6 Å². The third-order valence-corrected chi connectivity index (χ3v) is 7.22. The second-order valence-electron chi connectivity index (χ2n) is 8.71. The van der Waals surface area contributed by atoms with Crippen molar-refractivity contribution in [3.8, 4) is 5.75 Å². The lowest BCUT2D eigenvalue weighted by Crippen LogP contribution is -2.40. The molecular weight excluding hydrogens is 378 g/mol. The van der Waals surface area contributed by atoms with Gasteiger partial charge in [-0.05, 0) is 42.2 Å². The Morgan fingerprint density at radius 3 is 2.13 bits per heavy atom. The maximum atomic E-state index is 13.4. The highest BCUT2D eigenvalue weighted by atomic mass is 16.5. The van der Waals surface area contributed by atoms with Gasteiger partial charge in [0.15, 0.2) is 12.4 Å². The molecule has 1 heterocycles. The summed E-state index contributed by atoms with van der Waals surface area (Å²) in [7, 11) is 0. The summed E-state index contributed by atoms with van der Waals surface area (Å²) in [5, 5.41) is 0. The summed E-state index contributed by atoms with van der Waals surface area (Å²) < 4.78 is 5.80. The summed E-state index contributed by atoms with van der Waals surface area (Å²) in [4.78, 5) is 40.5. The Morgan fingerprint density at radius 1 is 0.867 bits per heavy atom. The highest BCUT2D eigenvalue weighted by Crippen LogP contribution is 2.65. The van der Waals surface area contributed by atoms with Crippen LogP contribution in [0.2, 0.25) is 0 Å². The number of rotatable bonds is 5. The molecule has 0 aromatic heterocycles. The van der Waals surface area contributed by atoms with Crippen LogP contribution >= 0.6 is 0 Å². The van der Waals surface area contributed by atoms with Gasteiger partial charge >= 0.3 is 0 Å². The van der Waals surface area contributed by atoms with Crippen molar-refractivity contribution in [2.75, 3.05) is 11.5 Å². The number of hydrogen-bond donors (Lipinski definition) is 0. The van der Waals surface area contributed by atoms with E-state index in [1.54, 1.807) is 48.5 Å². The quantitative estimate of drug-likeness (QED) is 0.439. The summed E-state index contributed by atoms with van der Waals surface area (Å²) in [6.07, 6.45) is 5.46. The van der Waals surface area contributed by atoms with Crippen molar-refractivity contribution in [3.05, 3.63) is 72.3 Å². The van der Waals surface area contributed by atoms with Crippen LogP contribution in [-0.4, -0.2) is 24.2 Å². The van der Waals surface area contributed by atoms with Crippen molar-refractivity contribution in [1.29, 1.82) is 0 Å². The Labute approximate surface area is 174 Å². The summed E-state index contributed by atoms with van der Waals surface area (Å²) in [6, 6.07) is 15.9. The second-order valence-corrected chi connectivity index (χ2v) is 8.71. The zero-order valence-corrected chi connectivity index (χ0v) is 16.3. The number of allylic oxidation sites excluding steroid dienone is 2. The van der Waals surface area contributed by atoms with E-state index in [0.717, 1.165) is 6.42 Å². The van der Waals surface area contributed by atoms with E-state index in [-0.39, 0.29) is 47.9 Å². The number of nitrogens with zero attached hydrogens (tertiary/aromatic N) is 1. The normalized spacial score (nSPS) is 32.7. The molecule has 0 radical (unpaired) electrons. The molecule has 2 saturated carbocycles. The highest BCUT2D eigenvalue weighted by molar-refractivity contribution is 6.23. The van der Waals surface area contributed by atoms with Crippen LogP contribution in [0.3, 0.4) is 0 Å². The minimum Gasteiger partial charge on any atom is -0.483 e.